The molecule has 0 saturated heterocycles. The molecule has 0 aliphatic rings. The summed E-state index contributed by atoms with van der Waals surface area (Å²) >= 11 is 0. The molecule has 0 fully saturated rings. The van der Waals surface area contributed by atoms with Gasteiger partial charge < -0.3 is 9.84 Å². The summed E-state index contributed by atoms with van der Waals surface area (Å²) in [7, 11) is -2.39. The molecule has 0 unspecified atom stereocenters. The number of aryl methyl sites for hydroxylation is 2. The number of likely N-dealkylation sites (N-methyl/N-ethyl adjacent to an activating group) is 1. The lowest BCUT2D eigenvalue weighted by Gasteiger charge is -2.16. The number of nitrogens with zero attached hydrogens (tertiary/aromatic N) is 3. The molecule has 0 radical (unpaired) electrons. The molecular weight excluding hydrogens is 392 g/mol. The summed E-state index contributed by atoms with van der Waals surface area (Å²) in [4.78, 5) is 16.5. The van der Waals surface area contributed by atoms with Crippen LogP contribution in [0.4, 0.5) is 0 Å². The monoisotopic (exact) mass is 414 g/mol. The van der Waals surface area contributed by atoms with E-state index in [1.807, 2.05) is 38.1 Å². The average Bonchev–Trinajstić information content (AvgIpc) is 3.16. The Morgan fingerprint density at radius 1 is 1.03 bits per heavy atom. The van der Waals surface area contributed by atoms with Crippen molar-refractivity contribution in [3.63, 3.8) is 0 Å². The minimum absolute atomic E-state index is 0.0100. The Balaban J connectivity index is 1.57. The molecule has 1 aromatic heterocycles. The topological polar surface area (TPSA) is 105 Å². The molecule has 8 nitrogen and oxygen atoms in total. The van der Waals surface area contributed by atoms with Gasteiger partial charge in [-0.3, -0.25) is 4.79 Å². The van der Waals surface area contributed by atoms with Gasteiger partial charge in [0.15, 0.2) is 0 Å². The molecule has 0 bridgehead atoms. The summed E-state index contributed by atoms with van der Waals surface area (Å²) in [5.74, 6) is 0.185. The number of amides is 1. The number of carbonyl (C=O) groups is 1. The summed E-state index contributed by atoms with van der Waals surface area (Å²) < 4.78 is 31.2. The first-order chi connectivity index (χ1) is 13.8. The van der Waals surface area contributed by atoms with E-state index in [4.69, 9.17) is 4.52 Å². The summed E-state index contributed by atoms with van der Waals surface area (Å²) in [6, 6.07) is 14.1. The third-order valence-electron chi connectivity index (χ3n) is 4.31. The fourth-order valence-corrected chi connectivity index (χ4v) is 3.68. The largest absolute Gasteiger partial charge is 0.346 e. The Morgan fingerprint density at radius 3 is 2.24 bits per heavy atom. The summed E-state index contributed by atoms with van der Waals surface area (Å²) in [6.07, 6.45) is 0. The Hall–Kier alpha value is -3.04. The average molecular weight is 414 g/mol. The van der Waals surface area contributed by atoms with Crippen molar-refractivity contribution in [3.05, 3.63) is 65.5 Å². The van der Waals surface area contributed by atoms with Crippen molar-refractivity contribution in [1.82, 2.24) is 19.8 Å². The minimum Gasteiger partial charge on any atom is -0.346 e. The third kappa shape index (κ3) is 5.07. The molecule has 1 heterocycles. The van der Waals surface area contributed by atoms with Crippen molar-refractivity contribution >= 4 is 15.9 Å². The number of hydrogen-bond donors (Lipinski definition) is 1. The molecule has 9 heteroatoms. The second-order valence-corrected chi connectivity index (χ2v) is 8.77. The normalized spacial score (nSPS) is 11.6. The highest BCUT2D eigenvalue weighted by Crippen LogP contribution is 2.17. The van der Waals surface area contributed by atoms with E-state index >= 15 is 0 Å². The lowest BCUT2D eigenvalue weighted by Crippen LogP contribution is -2.38. The van der Waals surface area contributed by atoms with Crippen LogP contribution in [0.25, 0.3) is 11.4 Å². The molecule has 0 atom stereocenters. The van der Waals surface area contributed by atoms with Crippen LogP contribution in [0.3, 0.4) is 0 Å². The maximum atomic E-state index is 12.5. The van der Waals surface area contributed by atoms with Gasteiger partial charge in [0.25, 0.3) is 0 Å². The fraction of sp³-hybridized carbons (Fsp3) is 0.250. The van der Waals surface area contributed by atoms with E-state index in [9.17, 15) is 13.2 Å². The van der Waals surface area contributed by atoms with Crippen LogP contribution in [0, 0.1) is 13.8 Å². The van der Waals surface area contributed by atoms with E-state index < -0.39 is 15.9 Å². The van der Waals surface area contributed by atoms with Gasteiger partial charge in [-0.15, -0.1) is 0 Å². The van der Waals surface area contributed by atoms with Crippen molar-refractivity contribution in [2.45, 2.75) is 25.3 Å². The van der Waals surface area contributed by atoms with E-state index in [-0.39, 0.29) is 23.9 Å². The molecule has 2 aromatic carbocycles. The lowest BCUT2D eigenvalue weighted by atomic mass is 10.1. The van der Waals surface area contributed by atoms with Crippen LogP contribution < -0.4 is 5.32 Å². The first-order valence-electron chi connectivity index (χ1n) is 8.95. The highest BCUT2D eigenvalue weighted by molar-refractivity contribution is 7.89. The van der Waals surface area contributed by atoms with Crippen LogP contribution >= 0.6 is 0 Å². The second kappa shape index (κ2) is 8.54. The van der Waals surface area contributed by atoms with E-state index in [1.54, 1.807) is 12.1 Å². The molecule has 0 aliphatic carbocycles. The van der Waals surface area contributed by atoms with Gasteiger partial charge in [-0.05, 0) is 26.0 Å². The van der Waals surface area contributed by atoms with Crippen molar-refractivity contribution in [3.8, 4) is 11.4 Å². The van der Waals surface area contributed by atoms with Crippen molar-refractivity contribution in [1.29, 1.82) is 0 Å². The van der Waals surface area contributed by atoms with E-state index in [1.165, 1.54) is 19.2 Å². The number of nitrogens with one attached hydrogen (secondary N) is 1. The van der Waals surface area contributed by atoms with Crippen molar-refractivity contribution in [2.24, 2.45) is 0 Å². The smallest absolute Gasteiger partial charge is 0.246 e. The molecule has 1 N–H and O–H groups in total. The van der Waals surface area contributed by atoms with Gasteiger partial charge in [0.2, 0.25) is 27.6 Å². The van der Waals surface area contributed by atoms with Gasteiger partial charge in [0.05, 0.1) is 18.0 Å². The summed E-state index contributed by atoms with van der Waals surface area (Å²) in [5.41, 5.74) is 2.88. The molecule has 3 rings (SSSR count). The molecule has 152 valence electrons. The number of sulfonamides is 1. The van der Waals surface area contributed by atoms with Crippen LogP contribution in [0.2, 0.25) is 0 Å². The van der Waals surface area contributed by atoms with Gasteiger partial charge in [-0.25, -0.2) is 8.42 Å². The zero-order valence-electron chi connectivity index (χ0n) is 16.4. The van der Waals surface area contributed by atoms with Crippen LogP contribution in [-0.2, 0) is 21.4 Å². The molecule has 0 saturated carbocycles. The first-order valence-corrected chi connectivity index (χ1v) is 10.4. The quantitative estimate of drug-likeness (QED) is 0.636. The van der Waals surface area contributed by atoms with Gasteiger partial charge in [-0.1, -0.05) is 52.7 Å². The summed E-state index contributed by atoms with van der Waals surface area (Å²) in [6.45, 7) is 3.54. The molecule has 0 spiro atoms. The predicted octanol–water partition coefficient (Wildman–Crippen LogP) is 2.29. The van der Waals surface area contributed by atoms with E-state index in [0.29, 0.717) is 5.82 Å². The predicted molar refractivity (Wildman–Crippen MR) is 107 cm³/mol. The Kier molecular flexibility index (Phi) is 6.09. The number of hydrogen-bond acceptors (Lipinski definition) is 6. The molecule has 29 heavy (non-hydrogen) atoms. The summed E-state index contributed by atoms with van der Waals surface area (Å²) in [5, 5.41) is 6.49. The van der Waals surface area contributed by atoms with Gasteiger partial charge >= 0.3 is 0 Å². The zero-order valence-corrected chi connectivity index (χ0v) is 17.2. The van der Waals surface area contributed by atoms with Crippen LogP contribution in [-0.4, -0.2) is 42.4 Å². The third-order valence-corrected chi connectivity index (χ3v) is 6.13. The number of aromatic nitrogens is 2. The lowest BCUT2D eigenvalue weighted by molar-refractivity contribution is -0.121. The van der Waals surface area contributed by atoms with Gasteiger partial charge in [0, 0.05) is 12.6 Å². The second-order valence-electron chi connectivity index (χ2n) is 6.73. The van der Waals surface area contributed by atoms with Crippen LogP contribution in [0.5, 0.6) is 0 Å². The van der Waals surface area contributed by atoms with Crippen LogP contribution in [0.1, 0.15) is 17.0 Å². The highest BCUT2D eigenvalue weighted by Gasteiger charge is 2.23. The van der Waals surface area contributed by atoms with Gasteiger partial charge in [0.1, 0.15) is 0 Å². The Morgan fingerprint density at radius 2 is 1.62 bits per heavy atom. The number of rotatable bonds is 7. The van der Waals surface area contributed by atoms with E-state index in [2.05, 4.69) is 15.5 Å². The molecule has 3 aromatic rings. The minimum atomic E-state index is -3.75. The highest BCUT2D eigenvalue weighted by atomic mass is 32.2. The Bertz CT molecular complexity index is 1090. The first kappa shape index (κ1) is 20.7. The van der Waals surface area contributed by atoms with Crippen molar-refractivity contribution < 1.29 is 17.7 Å². The van der Waals surface area contributed by atoms with Crippen molar-refractivity contribution in [2.75, 3.05) is 13.6 Å². The zero-order chi connectivity index (χ0) is 21.0. The number of carbonyl (C=O) groups excluding carboxylic acids is 1. The van der Waals surface area contributed by atoms with Crippen LogP contribution in [0.15, 0.2) is 57.9 Å². The number of benzene rings is 2. The standard InChI is InChI=1S/C20H22N4O4S/c1-14-4-8-16(9-5-14)20-22-19(28-23-20)12-21-18(25)13-24(3)29(26,27)17-10-6-15(2)7-11-17/h4-11H,12-13H2,1-3H3,(H,21,25). The molecule has 1 amide bonds. The van der Waals surface area contributed by atoms with E-state index in [0.717, 1.165) is 21.0 Å². The Labute approximate surface area is 169 Å². The van der Waals surface area contributed by atoms with Gasteiger partial charge in [-0.2, -0.15) is 9.29 Å². The molecule has 0 aliphatic heterocycles. The maximum Gasteiger partial charge on any atom is 0.246 e. The molecular formula is C20H22N4O4S. The fourth-order valence-electron chi connectivity index (χ4n) is 2.55. The maximum absolute atomic E-state index is 12.5. The SMILES string of the molecule is Cc1ccc(-c2noc(CNC(=O)CN(C)S(=O)(=O)c3ccc(C)cc3)n2)cc1.